The minimum absolute atomic E-state index is 0.130. The molecule has 0 aromatic heterocycles. The average Bonchev–Trinajstić information content (AvgIpc) is 3.25. The quantitative estimate of drug-likeness (QED) is 0.666. The van der Waals surface area contributed by atoms with Crippen molar-refractivity contribution in [3.05, 3.63) is 53.1 Å². The fourth-order valence-corrected chi connectivity index (χ4v) is 5.08. The molecule has 1 heterocycles. The molecule has 0 saturated carbocycles. The summed E-state index contributed by atoms with van der Waals surface area (Å²) in [7, 11) is -0.134. The maximum Gasteiger partial charge on any atom is 0.243 e. The Balaban J connectivity index is 1.64. The fourth-order valence-electron chi connectivity index (χ4n) is 3.37. The van der Waals surface area contributed by atoms with Crippen molar-refractivity contribution in [2.24, 2.45) is 0 Å². The normalized spacial score (nSPS) is 14.8. The predicted molar refractivity (Wildman–Crippen MR) is 117 cm³/mol. The van der Waals surface area contributed by atoms with Crippen LogP contribution in [0.15, 0.2) is 47.4 Å². The van der Waals surface area contributed by atoms with Crippen molar-refractivity contribution >= 4 is 33.2 Å². The molecule has 0 spiro atoms. The number of anilines is 1. The highest BCUT2D eigenvalue weighted by Crippen LogP contribution is 2.28. The van der Waals surface area contributed by atoms with Crippen LogP contribution in [0.4, 0.5) is 5.69 Å². The van der Waals surface area contributed by atoms with Gasteiger partial charge >= 0.3 is 0 Å². The number of amides is 1. The van der Waals surface area contributed by atoms with Crippen molar-refractivity contribution in [3.8, 4) is 5.75 Å². The molecule has 9 heteroatoms. The molecule has 3 rings (SSSR count). The Morgan fingerprint density at radius 1 is 1.17 bits per heavy atom. The van der Waals surface area contributed by atoms with Gasteiger partial charge in [0, 0.05) is 19.6 Å². The first-order chi connectivity index (χ1) is 14.3. The van der Waals surface area contributed by atoms with E-state index in [1.807, 2.05) is 36.2 Å². The Morgan fingerprint density at radius 2 is 1.83 bits per heavy atom. The van der Waals surface area contributed by atoms with Crippen LogP contribution in [0, 0.1) is 0 Å². The molecule has 30 heavy (non-hydrogen) atoms. The van der Waals surface area contributed by atoms with Crippen LogP contribution in [0.5, 0.6) is 5.75 Å². The third-order valence-corrected chi connectivity index (χ3v) is 7.16. The van der Waals surface area contributed by atoms with E-state index >= 15 is 0 Å². The summed E-state index contributed by atoms with van der Waals surface area (Å²) in [6, 6.07) is 12.0. The number of methoxy groups -OCH3 is 1. The number of hydrogen-bond acceptors (Lipinski definition) is 5. The number of sulfonamides is 1. The minimum Gasteiger partial charge on any atom is -0.497 e. The Labute approximate surface area is 182 Å². The molecule has 7 nitrogen and oxygen atoms in total. The van der Waals surface area contributed by atoms with Gasteiger partial charge in [-0.1, -0.05) is 23.7 Å². The van der Waals surface area contributed by atoms with Crippen LogP contribution in [-0.4, -0.2) is 57.3 Å². The second-order valence-electron chi connectivity index (χ2n) is 7.32. The summed E-state index contributed by atoms with van der Waals surface area (Å²) in [4.78, 5) is 14.5. The van der Waals surface area contributed by atoms with E-state index in [0.717, 1.165) is 24.2 Å². The molecule has 0 atom stereocenters. The molecule has 1 saturated heterocycles. The summed E-state index contributed by atoms with van der Waals surface area (Å²) in [6.45, 7) is 1.74. The van der Waals surface area contributed by atoms with Crippen LogP contribution in [0.3, 0.4) is 0 Å². The van der Waals surface area contributed by atoms with Crippen molar-refractivity contribution in [3.63, 3.8) is 0 Å². The number of likely N-dealkylation sites (N-methyl/N-ethyl adjacent to an activating group) is 1. The van der Waals surface area contributed by atoms with E-state index in [0.29, 0.717) is 30.3 Å². The van der Waals surface area contributed by atoms with Crippen molar-refractivity contribution in [1.29, 1.82) is 0 Å². The van der Waals surface area contributed by atoms with E-state index in [-0.39, 0.29) is 17.3 Å². The van der Waals surface area contributed by atoms with Crippen molar-refractivity contribution in [2.75, 3.05) is 39.1 Å². The molecule has 0 radical (unpaired) electrons. The van der Waals surface area contributed by atoms with Gasteiger partial charge in [0.2, 0.25) is 15.9 Å². The predicted octanol–water partition coefficient (Wildman–Crippen LogP) is 3.20. The number of rotatable bonds is 8. The van der Waals surface area contributed by atoms with Gasteiger partial charge in [0.15, 0.2) is 0 Å². The highest BCUT2D eigenvalue weighted by molar-refractivity contribution is 7.89. The lowest BCUT2D eigenvalue weighted by atomic mass is 10.2. The van der Waals surface area contributed by atoms with Gasteiger partial charge in [0.1, 0.15) is 5.75 Å². The number of ether oxygens (including phenoxy) is 1. The van der Waals surface area contributed by atoms with Gasteiger partial charge in [-0.05, 0) is 55.8 Å². The highest BCUT2D eigenvalue weighted by atomic mass is 35.5. The monoisotopic (exact) mass is 451 g/mol. The Bertz CT molecular complexity index is 990. The zero-order chi connectivity index (χ0) is 21.7. The number of carbonyl (C=O) groups excluding carboxylic acids is 1. The minimum atomic E-state index is -3.58. The number of halogens is 1. The van der Waals surface area contributed by atoms with E-state index in [9.17, 15) is 13.2 Å². The molecule has 1 aliphatic heterocycles. The van der Waals surface area contributed by atoms with Gasteiger partial charge in [-0.25, -0.2) is 8.42 Å². The Morgan fingerprint density at radius 3 is 2.47 bits per heavy atom. The molecule has 2 aromatic carbocycles. The molecule has 2 aromatic rings. The fraction of sp³-hybridized carbons (Fsp3) is 0.381. The van der Waals surface area contributed by atoms with E-state index in [2.05, 4.69) is 5.32 Å². The first kappa shape index (κ1) is 22.6. The molecule has 1 aliphatic rings. The zero-order valence-corrected chi connectivity index (χ0v) is 18.7. The van der Waals surface area contributed by atoms with Crippen LogP contribution in [-0.2, 0) is 21.4 Å². The van der Waals surface area contributed by atoms with Crippen molar-refractivity contribution < 1.29 is 17.9 Å². The average molecular weight is 452 g/mol. The third kappa shape index (κ3) is 5.51. The van der Waals surface area contributed by atoms with E-state index in [1.165, 1.54) is 22.5 Å². The maximum atomic E-state index is 12.8. The molecule has 0 unspecified atom stereocenters. The topological polar surface area (TPSA) is 79.0 Å². The van der Waals surface area contributed by atoms with Gasteiger partial charge in [-0.2, -0.15) is 4.31 Å². The van der Waals surface area contributed by atoms with Crippen LogP contribution < -0.4 is 10.1 Å². The van der Waals surface area contributed by atoms with Gasteiger partial charge in [0.05, 0.1) is 29.3 Å². The molecule has 0 bridgehead atoms. The number of nitrogens with one attached hydrogen (secondary N) is 1. The van der Waals surface area contributed by atoms with Crippen molar-refractivity contribution in [2.45, 2.75) is 24.3 Å². The molecule has 1 N–H and O–H groups in total. The largest absolute Gasteiger partial charge is 0.497 e. The highest BCUT2D eigenvalue weighted by Gasteiger charge is 2.27. The maximum absolute atomic E-state index is 12.8. The lowest BCUT2D eigenvalue weighted by Crippen LogP contribution is -2.30. The summed E-state index contributed by atoms with van der Waals surface area (Å²) in [6.07, 6.45) is 1.72. The first-order valence-electron chi connectivity index (χ1n) is 9.70. The molecular weight excluding hydrogens is 426 g/mol. The summed E-state index contributed by atoms with van der Waals surface area (Å²) >= 11 is 6.20. The lowest BCUT2D eigenvalue weighted by molar-refractivity contribution is -0.117. The summed E-state index contributed by atoms with van der Waals surface area (Å²) in [5.41, 5.74) is 1.34. The third-order valence-electron chi connectivity index (χ3n) is 4.94. The summed E-state index contributed by atoms with van der Waals surface area (Å²) in [5, 5.41) is 3.03. The van der Waals surface area contributed by atoms with E-state index in [4.69, 9.17) is 16.3 Å². The van der Waals surface area contributed by atoms with Gasteiger partial charge < -0.3 is 10.1 Å². The van der Waals surface area contributed by atoms with E-state index in [1.54, 1.807) is 7.11 Å². The van der Waals surface area contributed by atoms with E-state index < -0.39 is 10.0 Å². The zero-order valence-electron chi connectivity index (χ0n) is 17.1. The molecule has 0 aliphatic carbocycles. The van der Waals surface area contributed by atoms with Crippen LogP contribution in [0.1, 0.15) is 18.4 Å². The van der Waals surface area contributed by atoms with Crippen LogP contribution in [0.2, 0.25) is 5.02 Å². The second kappa shape index (κ2) is 9.78. The van der Waals surface area contributed by atoms with Crippen molar-refractivity contribution in [1.82, 2.24) is 9.21 Å². The number of hydrogen-bond donors (Lipinski definition) is 1. The van der Waals surface area contributed by atoms with Gasteiger partial charge in [-0.15, -0.1) is 0 Å². The number of nitrogens with zero attached hydrogens (tertiary/aromatic N) is 2. The Kier molecular flexibility index (Phi) is 7.36. The molecule has 1 amide bonds. The summed E-state index contributed by atoms with van der Waals surface area (Å²) < 4.78 is 32.1. The second-order valence-corrected chi connectivity index (χ2v) is 9.67. The molecule has 162 valence electrons. The molecule has 1 fully saturated rings. The molecular formula is C21H26ClN3O4S. The SMILES string of the molecule is COc1ccc(CN(C)CC(=O)Nc2cc(S(=O)(=O)N3CCCC3)ccc2Cl)cc1. The van der Waals surface area contributed by atoms with Gasteiger partial charge in [-0.3, -0.25) is 9.69 Å². The first-order valence-corrected chi connectivity index (χ1v) is 11.5. The van der Waals surface area contributed by atoms with Gasteiger partial charge in [0.25, 0.3) is 0 Å². The Hall–Kier alpha value is -2.13. The number of benzene rings is 2. The summed E-state index contributed by atoms with van der Waals surface area (Å²) in [5.74, 6) is 0.501. The number of carbonyl (C=O) groups is 1. The smallest absolute Gasteiger partial charge is 0.243 e. The van der Waals surface area contributed by atoms with Crippen LogP contribution >= 0.6 is 11.6 Å². The standard InChI is InChI=1S/C21H26ClN3O4S/c1-24(14-16-5-7-17(29-2)8-6-16)15-21(26)23-20-13-18(9-10-19(20)22)30(27,28)25-11-3-4-12-25/h5-10,13H,3-4,11-12,14-15H2,1-2H3,(H,23,26). The lowest BCUT2D eigenvalue weighted by Gasteiger charge is -2.18. The van der Waals surface area contributed by atoms with Crippen LogP contribution in [0.25, 0.3) is 0 Å².